The van der Waals surface area contributed by atoms with Crippen molar-refractivity contribution in [3.8, 4) is 0 Å². The third-order valence-corrected chi connectivity index (χ3v) is 8.54. The zero-order valence-electron chi connectivity index (χ0n) is 30.5. The highest BCUT2D eigenvalue weighted by Gasteiger charge is 2.27. The largest absolute Gasteiger partial charge is 0.480 e. The molecule has 284 valence electrons. The third kappa shape index (κ3) is 34.2. The maximum Gasteiger partial charge on any atom is 0.472 e. The maximum atomic E-state index is 12.5. The van der Waals surface area contributed by atoms with Gasteiger partial charge < -0.3 is 25.2 Å². The van der Waals surface area contributed by atoms with Gasteiger partial charge >= 0.3 is 19.8 Å². The fourth-order valence-corrected chi connectivity index (χ4v) is 5.45. The number of allylic oxidation sites excluding steroid dienone is 8. The van der Waals surface area contributed by atoms with E-state index in [0.717, 1.165) is 64.2 Å². The number of rotatable bonds is 35. The molecule has 0 heterocycles. The Kier molecular flexibility index (Phi) is 32.9. The van der Waals surface area contributed by atoms with Crippen LogP contribution in [0.5, 0.6) is 0 Å². The van der Waals surface area contributed by atoms with E-state index in [1.165, 1.54) is 51.4 Å². The number of carboxylic acids is 1. The topological polar surface area (TPSA) is 155 Å². The van der Waals surface area contributed by atoms with Crippen LogP contribution in [0.2, 0.25) is 0 Å². The number of phosphoric ester groups is 1. The van der Waals surface area contributed by atoms with Gasteiger partial charge in [-0.1, -0.05) is 114 Å². The second-order valence-corrected chi connectivity index (χ2v) is 13.8. The van der Waals surface area contributed by atoms with Crippen LogP contribution in [0, 0.1) is 0 Å². The highest BCUT2D eigenvalue weighted by molar-refractivity contribution is 7.47. The third-order valence-electron chi connectivity index (χ3n) is 7.59. The summed E-state index contributed by atoms with van der Waals surface area (Å²) in [6, 6.07) is -1.48. The van der Waals surface area contributed by atoms with Gasteiger partial charge in [0.1, 0.15) is 12.1 Å². The van der Waals surface area contributed by atoms with Crippen molar-refractivity contribution in [2.45, 2.75) is 154 Å². The van der Waals surface area contributed by atoms with Crippen LogP contribution >= 0.6 is 7.82 Å². The Morgan fingerprint density at radius 1 is 0.673 bits per heavy atom. The van der Waals surface area contributed by atoms with Crippen LogP contribution in [0.15, 0.2) is 48.6 Å². The van der Waals surface area contributed by atoms with Crippen molar-refractivity contribution in [3.63, 3.8) is 0 Å². The van der Waals surface area contributed by atoms with Gasteiger partial charge in [-0.05, 0) is 70.6 Å². The van der Waals surface area contributed by atoms with E-state index in [0.29, 0.717) is 13.0 Å². The summed E-state index contributed by atoms with van der Waals surface area (Å²) in [6.07, 6.45) is 37.4. The van der Waals surface area contributed by atoms with E-state index in [9.17, 15) is 19.0 Å². The number of hydrogen-bond acceptors (Lipinski definition) is 8. The Bertz CT molecular complexity index is 967. The summed E-state index contributed by atoms with van der Waals surface area (Å²) in [4.78, 5) is 33.3. The van der Waals surface area contributed by atoms with Gasteiger partial charge in [0.15, 0.2) is 0 Å². The van der Waals surface area contributed by atoms with E-state index < -0.39 is 45.1 Å². The second-order valence-electron chi connectivity index (χ2n) is 12.3. The maximum absolute atomic E-state index is 12.5. The zero-order chi connectivity index (χ0) is 36.3. The number of ether oxygens (including phenoxy) is 2. The number of nitrogens with two attached hydrogens (primary N) is 1. The lowest BCUT2D eigenvalue weighted by atomic mass is 10.1. The molecule has 0 spiro atoms. The molecule has 3 unspecified atom stereocenters. The Balaban J connectivity index is 4.38. The summed E-state index contributed by atoms with van der Waals surface area (Å²) >= 11 is 0. The lowest BCUT2D eigenvalue weighted by Crippen LogP contribution is -2.34. The molecule has 0 saturated heterocycles. The van der Waals surface area contributed by atoms with E-state index in [4.69, 9.17) is 24.8 Å². The van der Waals surface area contributed by atoms with Crippen molar-refractivity contribution in [1.82, 2.24) is 0 Å². The first-order chi connectivity index (χ1) is 23.7. The number of unbranched alkanes of at least 4 members (excludes halogenated alkanes) is 13. The minimum atomic E-state index is -4.62. The van der Waals surface area contributed by atoms with Gasteiger partial charge in [-0.3, -0.25) is 18.6 Å². The van der Waals surface area contributed by atoms with Crippen LogP contribution in [-0.2, 0) is 32.7 Å². The lowest BCUT2D eigenvalue weighted by Gasteiger charge is -2.20. The SMILES string of the molecule is CC/C=C\C/C=C\C/C=C\CCCCCC(=O)OC(COCCCCCCCC/C=C\CCCCCC)COP(=O)(O)OCC(N)C(=O)O. The molecule has 0 radical (unpaired) electrons. The average molecular weight is 714 g/mol. The van der Waals surface area contributed by atoms with Gasteiger partial charge in [-0.2, -0.15) is 0 Å². The number of esters is 1. The minimum absolute atomic E-state index is 0.000703. The minimum Gasteiger partial charge on any atom is -0.480 e. The molecule has 0 rings (SSSR count). The molecule has 49 heavy (non-hydrogen) atoms. The van der Waals surface area contributed by atoms with E-state index in [-0.39, 0.29) is 13.0 Å². The first-order valence-corrected chi connectivity index (χ1v) is 20.2. The molecule has 0 aromatic rings. The van der Waals surface area contributed by atoms with E-state index in [1.807, 2.05) is 0 Å². The Hall–Kier alpha value is -2.07. The van der Waals surface area contributed by atoms with Crippen LogP contribution in [0.1, 0.15) is 142 Å². The summed E-state index contributed by atoms with van der Waals surface area (Å²) in [6.45, 7) is 3.67. The molecule has 4 N–H and O–H groups in total. The van der Waals surface area contributed by atoms with Gasteiger partial charge in [-0.25, -0.2) is 4.57 Å². The second kappa shape index (κ2) is 34.4. The zero-order valence-corrected chi connectivity index (χ0v) is 31.4. The van der Waals surface area contributed by atoms with Crippen LogP contribution < -0.4 is 5.73 Å². The van der Waals surface area contributed by atoms with Crippen molar-refractivity contribution < 1.29 is 42.7 Å². The van der Waals surface area contributed by atoms with Crippen LogP contribution in [0.25, 0.3) is 0 Å². The first kappa shape index (κ1) is 46.9. The quantitative estimate of drug-likeness (QED) is 0.0250. The summed E-state index contributed by atoms with van der Waals surface area (Å²) in [5.74, 6) is -1.82. The van der Waals surface area contributed by atoms with Gasteiger partial charge in [0.25, 0.3) is 0 Å². The van der Waals surface area contributed by atoms with Crippen LogP contribution in [-0.4, -0.2) is 60.5 Å². The number of carboxylic acid groups (broad SMARTS) is 1. The summed E-state index contributed by atoms with van der Waals surface area (Å²) in [7, 11) is -4.62. The normalized spacial score (nSPS) is 14.7. The number of carbonyl (C=O) groups is 2. The predicted octanol–water partition coefficient (Wildman–Crippen LogP) is 9.53. The molecule has 0 bridgehead atoms. The molecule has 0 aliphatic heterocycles. The average Bonchev–Trinajstić information content (AvgIpc) is 3.07. The van der Waals surface area contributed by atoms with E-state index >= 15 is 0 Å². The molecule has 0 fully saturated rings. The molecular weight excluding hydrogens is 645 g/mol. The van der Waals surface area contributed by atoms with Crippen LogP contribution in [0.3, 0.4) is 0 Å². The molecule has 0 aromatic heterocycles. The monoisotopic (exact) mass is 713 g/mol. The molecule has 0 aliphatic carbocycles. The lowest BCUT2D eigenvalue weighted by molar-refractivity contribution is -0.154. The summed E-state index contributed by atoms with van der Waals surface area (Å²) in [5.41, 5.74) is 5.33. The van der Waals surface area contributed by atoms with Gasteiger partial charge in [0.2, 0.25) is 0 Å². The smallest absolute Gasteiger partial charge is 0.472 e. The van der Waals surface area contributed by atoms with Crippen molar-refractivity contribution in [3.05, 3.63) is 48.6 Å². The Morgan fingerprint density at radius 2 is 1.18 bits per heavy atom. The Morgan fingerprint density at radius 3 is 1.80 bits per heavy atom. The van der Waals surface area contributed by atoms with Gasteiger partial charge in [0, 0.05) is 13.0 Å². The van der Waals surface area contributed by atoms with Gasteiger partial charge in [0.05, 0.1) is 19.8 Å². The fourth-order valence-electron chi connectivity index (χ4n) is 4.67. The molecule has 0 aromatic carbocycles. The van der Waals surface area contributed by atoms with E-state index in [2.05, 4.69) is 67.0 Å². The molecule has 10 nitrogen and oxygen atoms in total. The number of carbonyl (C=O) groups excluding carboxylic acids is 1. The van der Waals surface area contributed by atoms with Crippen molar-refractivity contribution >= 4 is 19.8 Å². The number of hydrogen-bond donors (Lipinski definition) is 3. The molecular formula is C38H68NO9P. The van der Waals surface area contributed by atoms with Gasteiger partial charge in [-0.15, -0.1) is 0 Å². The number of aliphatic carboxylic acids is 1. The van der Waals surface area contributed by atoms with Crippen LogP contribution in [0.4, 0.5) is 0 Å². The summed E-state index contributed by atoms with van der Waals surface area (Å²) in [5, 5.41) is 8.86. The highest BCUT2D eigenvalue weighted by atomic mass is 31.2. The summed E-state index contributed by atoms with van der Waals surface area (Å²) < 4.78 is 33.1. The molecule has 0 aliphatic rings. The molecule has 11 heteroatoms. The fraction of sp³-hybridized carbons (Fsp3) is 0.737. The van der Waals surface area contributed by atoms with Crippen molar-refractivity contribution in [2.75, 3.05) is 26.4 Å². The first-order valence-electron chi connectivity index (χ1n) is 18.7. The highest BCUT2D eigenvalue weighted by Crippen LogP contribution is 2.43. The molecule has 0 amide bonds. The van der Waals surface area contributed by atoms with Crippen molar-refractivity contribution in [1.29, 1.82) is 0 Å². The van der Waals surface area contributed by atoms with E-state index in [1.54, 1.807) is 0 Å². The predicted molar refractivity (Wildman–Crippen MR) is 198 cm³/mol. The Labute approximate surface area is 297 Å². The number of phosphoric acid groups is 1. The molecule has 3 atom stereocenters. The molecule has 0 saturated carbocycles. The standard InChI is InChI=1S/C38H68NO9P/c1-3-5-7-9-11-13-15-17-19-21-23-25-27-29-31-45-32-35(33-46-49(43,44)47-34-36(39)38(41)42)48-37(40)30-28-26-24-22-20-18-16-14-12-10-8-6-4-2/h6,8,12-15,18,20,35-36H,3-5,7,9-11,16-17,19,21-34,39H2,1-2H3,(H,41,42)(H,43,44)/b8-6-,14-12-,15-13-,20-18-. The van der Waals surface area contributed by atoms with Crippen molar-refractivity contribution in [2.24, 2.45) is 5.73 Å².